The van der Waals surface area contributed by atoms with Crippen molar-refractivity contribution in [2.24, 2.45) is 5.92 Å². The van der Waals surface area contributed by atoms with Crippen LogP contribution in [0.3, 0.4) is 0 Å². The average molecular weight is 439 g/mol. The fourth-order valence-corrected chi connectivity index (χ4v) is 4.39. The molecule has 1 aromatic heterocycles. The van der Waals surface area contributed by atoms with E-state index in [9.17, 15) is 9.59 Å². The molecule has 0 aliphatic carbocycles. The largest absolute Gasteiger partial charge is 0.422 e. The molecule has 5 heteroatoms. The summed E-state index contributed by atoms with van der Waals surface area (Å²) in [6, 6.07) is 24.2. The lowest BCUT2D eigenvalue weighted by molar-refractivity contribution is 0.102. The van der Waals surface area contributed by atoms with Crippen LogP contribution in [0.15, 0.2) is 88.1 Å². The van der Waals surface area contributed by atoms with E-state index in [0.29, 0.717) is 22.3 Å². The van der Waals surface area contributed by atoms with Gasteiger partial charge in [0.05, 0.1) is 16.9 Å². The fourth-order valence-electron chi connectivity index (χ4n) is 4.39. The maximum atomic E-state index is 13.2. The van der Waals surface area contributed by atoms with Gasteiger partial charge in [-0.3, -0.25) is 4.79 Å². The van der Waals surface area contributed by atoms with Gasteiger partial charge in [-0.25, -0.2) is 4.79 Å². The minimum Gasteiger partial charge on any atom is -0.422 e. The van der Waals surface area contributed by atoms with Crippen LogP contribution in [0, 0.1) is 5.92 Å². The summed E-state index contributed by atoms with van der Waals surface area (Å²) < 4.78 is 5.47. The predicted octanol–water partition coefficient (Wildman–Crippen LogP) is 5.95. The molecule has 5 rings (SSSR count). The first kappa shape index (κ1) is 21.0. The summed E-state index contributed by atoms with van der Waals surface area (Å²) in [6.07, 6.45) is 2.30. The number of hydrogen-bond donors (Lipinski definition) is 1. The number of anilines is 2. The molecule has 1 N–H and O–H groups in total. The van der Waals surface area contributed by atoms with Crippen LogP contribution in [-0.2, 0) is 0 Å². The molecule has 0 saturated carbocycles. The second kappa shape index (κ2) is 8.94. The Morgan fingerprint density at radius 2 is 1.70 bits per heavy atom. The van der Waals surface area contributed by atoms with Crippen molar-refractivity contribution < 1.29 is 9.21 Å². The fraction of sp³-hybridized carbons (Fsp3) is 0.214. The molecule has 33 heavy (non-hydrogen) atoms. The molecule has 0 spiro atoms. The lowest BCUT2D eigenvalue weighted by Gasteiger charge is -2.33. The highest BCUT2D eigenvalue weighted by atomic mass is 16.4. The Balaban J connectivity index is 1.42. The minimum absolute atomic E-state index is 0.208. The highest BCUT2D eigenvalue weighted by Gasteiger charge is 2.19. The van der Waals surface area contributed by atoms with Gasteiger partial charge in [0.25, 0.3) is 5.91 Å². The van der Waals surface area contributed by atoms with Gasteiger partial charge in [0.2, 0.25) is 0 Å². The second-order valence-corrected chi connectivity index (χ2v) is 8.71. The Labute approximate surface area is 192 Å². The molecule has 1 aliphatic heterocycles. The summed E-state index contributed by atoms with van der Waals surface area (Å²) in [5, 5.41) is 3.92. The molecule has 0 radical (unpaired) electrons. The zero-order valence-corrected chi connectivity index (χ0v) is 18.6. The average Bonchev–Trinajstić information content (AvgIpc) is 2.84. The van der Waals surface area contributed by atoms with Gasteiger partial charge < -0.3 is 14.6 Å². The van der Waals surface area contributed by atoms with Crippen molar-refractivity contribution in [1.29, 1.82) is 0 Å². The summed E-state index contributed by atoms with van der Waals surface area (Å²) >= 11 is 0. The molecular formula is C28H26N2O3. The van der Waals surface area contributed by atoms with Gasteiger partial charge in [0, 0.05) is 24.0 Å². The molecule has 3 aromatic carbocycles. The van der Waals surface area contributed by atoms with Crippen molar-refractivity contribution >= 4 is 28.3 Å². The number of benzene rings is 3. The maximum absolute atomic E-state index is 13.2. The van der Waals surface area contributed by atoms with Gasteiger partial charge in [0.1, 0.15) is 5.58 Å². The Hall–Kier alpha value is -3.86. The number of hydrogen-bond acceptors (Lipinski definition) is 4. The third-order valence-electron chi connectivity index (χ3n) is 6.35. The van der Waals surface area contributed by atoms with Gasteiger partial charge in [-0.15, -0.1) is 0 Å². The molecule has 0 bridgehead atoms. The number of nitrogens with one attached hydrogen (secondary N) is 1. The number of fused-ring (bicyclic) bond motifs is 1. The first-order chi connectivity index (χ1) is 16.1. The molecule has 2 heterocycles. The number of rotatable bonds is 4. The van der Waals surface area contributed by atoms with E-state index in [1.165, 1.54) is 0 Å². The lowest BCUT2D eigenvalue weighted by atomic mass is 9.98. The molecule has 0 atom stereocenters. The highest BCUT2D eigenvalue weighted by Crippen LogP contribution is 2.30. The van der Waals surface area contributed by atoms with E-state index in [2.05, 4.69) is 23.2 Å². The van der Waals surface area contributed by atoms with E-state index in [1.807, 2.05) is 48.5 Å². The van der Waals surface area contributed by atoms with Gasteiger partial charge >= 0.3 is 5.63 Å². The smallest absolute Gasteiger partial charge is 0.344 e. The normalized spacial score (nSPS) is 14.4. The Bertz CT molecular complexity index is 1370. The first-order valence-corrected chi connectivity index (χ1v) is 11.4. The summed E-state index contributed by atoms with van der Waals surface area (Å²) in [7, 11) is 0. The summed E-state index contributed by atoms with van der Waals surface area (Å²) in [5.74, 6) is 0.526. The number of carbonyl (C=O) groups excluding carboxylic acids is 1. The number of para-hydroxylation sites is 3. The van der Waals surface area contributed by atoms with Crippen LogP contribution in [0.5, 0.6) is 0 Å². The molecule has 1 saturated heterocycles. The SMILES string of the molecule is CC1CCN(c2ccccc2NC(=O)c2cccc(-c3cc4ccccc4oc3=O)c2)CC1. The Kier molecular flexibility index (Phi) is 5.69. The maximum Gasteiger partial charge on any atom is 0.344 e. The van der Waals surface area contributed by atoms with E-state index < -0.39 is 5.63 Å². The van der Waals surface area contributed by atoms with Crippen LogP contribution in [-0.4, -0.2) is 19.0 Å². The third-order valence-corrected chi connectivity index (χ3v) is 6.35. The predicted molar refractivity (Wildman–Crippen MR) is 133 cm³/mol. The van der Waals surface area contributed by atoms with Crippen LogP contribution < -0.4 is 15.8 Å². The lowest BCUT2D eigenvalue weighted by Crippen LogP contribution is -2.33. The molecule has 1 fully saturated rings. The molecular weight excluding hydrogens is 412 g/mol. The van der Waals surface area contributed by atoms with Gasteiger partial charge in [-0.1, -0.05) is 49.4 Å². The monoisotopic (exact) mass is 438 g/mol. The number of nitrogens with zero attached hydrogens (tertiary/aromatic N) is 1. The van der Waals surface area contributed by atoms with Gasteiger partial charge in [-0.05, 0) is 60.7 Å². The van der Waals surface area contributed by atoms with Crippen LogP contribution in [0.25, 0.3) is 22.1 Å². The third kappa shape index (κ3) is 4.40. The molecule has 166 valence electrons. The number of piperidine rings is 1. The summed E-state index contributed by atoms with van der Waals surface area (Å²) in [4.78, 5) is 28.1. The molecule has 0 unspecified atom stereocenters. The van der Waals surface area contributed by atoms with E-state index >= 15 is 0 Å². The highest BCUT2D eigenvalue weighted by molar-refractivity contribution is 6.06. The van der Waals surface area contributed by atoms with E-state index in [1.54, 1.807) is 24.3 Å². The number of carbonyl (C=O) groups is 1. The Morgan fingerprint density at radius 1 is 0.939 bits per heavy atom. The van der Waals surface area contributed by atoms with Crippen molar-refractivity contribution in [3.05, 3.63) is 94.8 Å². The summed E-state index contributed by atoms with van der Waals surface area (Å²) in [5.41, 5.74) is 3.55. The minimum atomic E-state index is -0.420. The van der Waals surface area contributed by atoms with E-state index in [-0.39, 0.29) is 5.91 Å². The van der Waals surface area contributed by atoms with E-state index in [4.69, 9.17) is 4.42 Å². The van der Waals surface area contributed by atoms with Crippen LogP contribution >= 0.6 is 0 Å². The Morgan fingerprint density at radius 3 is 2.55 bits per heavy atom. The van der Waals surface area contributed by atoms with E-state index in [0.717, 1.165) is 48.6 Å². The molecule has 1 amide bonds. The van der Waals surface area contributed by atoms with Crippen molar-refractivity contribution in [2.75, 3.05) is 23.3 Å². The van der Waals surface area contributed by atoms with Crippen molar-refractivity contribution in [3.8, 4) is 11.1 Å². The standard InChI is InChI=1S/C28H26N2O3/c1-19-13-15-30(16-14-19)25-11-4-3-10-24(25)29-27(31)22-9-6-8-20(17-22)23-18-21-7-2-5-12-26(21)33-28(23)32/h2-12,17-19H,13-16H2,1H3,(H,29,31). The number of amides is 1. The zero-order valence-electron chi connectivity index (χ0n) is 18.6. The van der Waals surface area contributed by atoms with Gasteiger partial charge in [-0.2, -0.15) is 0 Å². The summed E-state index contributed by atoms with van der Waals surface area (Å²) in [6.45, 7) is 4.26. The van der Waals surface area contributed by atoms with Crippen molar-refractivity contribution in [1.82, 2.24) is 0 Å². The van der Waals surface area contributed by atoms with Gasteiger partial charge in [0.15, 0.2) is 0 Å². The van der Waals surface area contributed by atoms with Crippen molar-refractivity contribution in [3.63, 3.8) is 0 Å². The molecule has 1 aliphatic rings. The van der Waals surface area contributed by atoms with Crippen LogP contribution in [0.2, 0.25) is 0 Å². The molecule has 5 nitrogen and oxygen atoms in total. The topological polar surface area (TPSA) is 62.6 Å². The van der Waals surface area contributed by atoms with Crippen LogP contribution in [0.4, 0.5) is 11.4 Å². The molecule has 4 aromatic rings. The zero-order chi connectivity index (χ0) is 22.8. The van der Waals surface area contributed by atoms with Crippen molar-refractivity contribution in [2.45, 2.75) is 19.8 Å². The first-order valence-electron chi connectivity index (χ1n) is 11.4. The van der Waals surface area contributed by atoms with Crippen LogP contribution in [0.1, 0.15) is 30.1 Å². The second-order valence-electron chi connectivity index (χ2n) is 8.71. The quantitative estimate of drug-likeness (QED) is 0.400.